The van der Waals surface area contributed by atoms with Gasteiger partial charge in [0.2, 0.25) is 6.41 Å². The highest BCUT2D eigenvalue weighted by molar-refractivity contribution is 7.80. The number of nitrogens with one attached hydrogen (secondary N) is 1. The molecule has 1 amide bonds. The van der Waals surface area contributed by atoms with Crippen molar-refractivity contribution in [1.29, 1.82) is 0 Å². The van der Waals surface area contributed by atoms with Gasteiger partial charge in [-0.15, -0.1) is 0 Å². The SMILES string of the molecule is Cc1c(NC(=S)N2CCN(C=O)CC2)c(=O)n(-c2ccccc2)n1C. The maximum atomic E-state index is 12.9. The van der Waals surface area contributed by atoms with Crippen LogP contribution in [0.5, 0.6) is 0 Å². The van der Waals surface area contributed by atoms with Gasteiger partial charge in [0.15, 0.2) is 5.11 Å². The fourth-order valence-corrected chi connectivity index (χ4v) is 3.21. The van der Waals surface area contributed by atoms with Crippen LogP contribution in [-0.4, -0.2) is 56.9 Å². The number of hydrogen-bond acceptors (Lipinski definition) is 3. The number of amides is 1. The van der Waals surface area contributed by atoms with E-state index in [1.54, 1.807) is 9.58 Å². The first-order valence-corrected chi connectivity index (χ1v) is 8.53. The van der Waals surface area contributed by atoms with Crippen molar-refractivity contribution in [3.05, 3.63) is 46.4 Å². The minimum absolute atomic E-state index is 0.139. The largest absolute Gasteiger partial charge is 0.345 e. The van der Waals surface area contributed by atoms with Crippen LogP contribution in [0.4, 0.5) is 5.69 Å². The molecule has 25 heavy (non-hydrogen) atoms. The van der Waals surface area contributed by atoms with Crippen molar-refractivity contribution in [3.8, 4) is 5.69 Å². The van der Waals surface area contributed by atoms with Crippen molar-refractivity contribution >= 4 is 29.4 Å². The summed E-state index contributed by atoms with van der Waals surface area (Å²) in [5.74, 6) is 0. The quantitative estimate of drug-likeness (QED) is 0.653. The van der Waals surface area contributed by atoms with Gasteiger partial charge in [0.1, 0.15) is 5.69 Å². The van der Waals surface area contributed by atoms with Gasteiger partial charge in [-0.1, -0.05) is 18.2 Å². The molecule has 3 rings (SSSR count). The summed E-state index contributed by atoms with van der Waals surface area (Å²) in [5.41, 5.74) is 1.95. The first-order chi connectivity index (χ1) is 12.0. The summed E-state index contributed by atoms with van der Waals surface area (Å²) >= 11 is 5.47. The van der Waals surface area contributed by atoms with Gasteiger partial charge < -0.3 is 15.1 Å². The Bertz CT molecular complexity index is 835. The smallest absolute Gasteiger partial charge is 0.295 e. The molecule has 2 heterocycles. The topological polar surface area (TPSA) is 62.5 Å². The van der Waals surface area contributed by atoms with Crippen molar-refractivity contribution < 1.29 is 4.79 Å². The van der Waals surface area contributed by atoms with E-state index in [1.807, 2.05) is 53.9 Å². The minimum Gasteiger partial charge on any atom is -0.345 e. The molecule has 1 aliphatic rings. The van der Waals surface area contributed by atoms with Crippen molar-refractivity contribution in [1.82, 2.24) is 19.2 Å². The van der Waals surface area contributed by atoms with Crippen LogP contribution in [0.3, 0.4) is 0 Å². The second-order valence-electron chi connectivity index (χ2n) is 6.00. The summed E-state index contributed by atoms with van der Waals surface area (Å²) < 4.78 is 3.43. The Hall–Kier alpha value is -2.61. The Labute approximate surface area is 151 Å². The summed E-state index contributed by atoms with van der Waals surface area (Å²) in [7, 11) is 1.85. The number of piperazine rings is 1. The molecule has 7 nitrogen and oxygen atoms in total. The average Bonchev–Trinajstić information content (AvgIpc) is 2.86. The molecule has 1 fully saturated rings. The number of para-hydroxylation sites is 1. The summed E-state index contributed by atoms with van der Waals surface area (Å²) in [6.45, 7) is 4.46. The molecule has 0 aliphatic carbocycles. The number of thiocarbonyl (C=S) groups is 1. The van der Waals surface area contributed by atoms with E-state index in [4.69, 9.17) is 12.2 Å². The van der Waals surface area contributed by atoms with Crippen LogP contribution in [0.25, 0.3) is 5.69 Å². The Balaban J connectivity index is 1.83. The van der Waals surface area contributed by atoms with Crippen molar-refractivity contribution in [2.24, 2.45) is 7.05 Å². The molecule has 2 aromatic rings. The zero-order valence-electron chi connectivity index (χ0n) is 14.3. The predicted octanol–water partition coefficient (Wildman–Crippen LogP) is 0.955. The molecule has 0 saturated carbocycles. The molecule has 1 aliphatic heterocycles. The van der Waals surface area contributed by atoms with Gasteiger partial charge in [-0.25, -0.2) is 4.68 Å². The Morgan fingerprint density at radius 3 is 2.40 bits per heavy atom. The van der Waals surface area contributed by atoms with Crippen LogP contribution >= 0.6 is 12.2 Å². The zero-order valence-corrected chi connectivity index (χ0v) is 15.1. The van der Waals surface area contributed by atoms with Crippen LogP contribution < -0.4 is 10.9 Å². The number of benzene rings is 1. The number of aromatic nitrogens is 2. The maximum Gasteiger partial charge on any atom is 0.295 e. The number of rotatable bonds is 3. The fraction of sp³-hybridized carbons (Fsp3) is 0.353. The second kappa shape index (κ2) is 7.10. The molecule has 0 unspecified atom stereocenters. The Morgan fingerprint density at radius 2 is 1.80 bits per heavy atom. The first kappa shape index (κ1) is 17.2. The van der Waals surface area contributed by atoms with Crippen LogP contribution in [0, 0.1) is 6.92 Å². The van der Waals surface area contributed by atoms with E-state index in [2.05, 4.69) is 5.32 Å². The van der Waals surface area contributed by atoms with E-state index in [-0.39, 0.29) is 5.56 Å². The van der Waals surface area contributed by atoms with Crippen LogP contribution in [0.1, 0.15) is 5.69 Å². The Kier molecular flexibility index (Phi) is 4.89. The lowest BCUT2D eigenvalue weighted by Gasteiger charge is -2.34. The second-order valence-corrected chi connectivity index (χ2v) is 6.38. The van der Waals surface area contributed by atoms with E-state index < -0.39 is 0 Å². The molecule has 132 valence electrons. The lowest BCUT2D eigenvalue weighted by Crippen LogP contribution is -2.49. The van der Waals surface area contributed by atoms with E-state index in [0.717, 1.165) is 17.8 Å². The summed E-state index contributed by atoms with van der Waals surface area (Å²) in [6.07, 6.45) is 0.855. The third-order valence-electron chi connectivity index (χ3n) is 4.54. The Morgan fingerprint density at radius 1 is 1.16 bits per heavy atom. The van der Waals surface area contributed by atoms with E-state index >= 15 is 0 Å². The lowest BCUT2D eigenvalue weighted by atomic mass is 10.3. The molecule has 1 aromatic carbocycles. The number of nitrogens with zero attached hydrogens (tertiary/aromatic N) is 4. The molecule has 1 N–H and O–H groups in total. The zero-order chi connectivity index (χ0) is 18.0. The summed E-state index contributed by atoms with van der Waals surface area (Å²) in [6, 6.07) is 9.49. The fourth-order valence-electron chi connectivity index (χ4n) is 2.93. The van der Waals surface area contributed by atoms with E-state index in [1.165, 1.54) is 0 Å². The van der Waals surface area contributed by atoms with Gasteiger partial charge in [0, 0.05) is 33.2 Å². The molecule has 0 atom stereocenters. The van der Waals surface area contributed by atoms with Crippen molar-refractivity contribution in [2.45, 2.75) is 6.92 Å². The summed E-state index contributed by atoms with van der Waals surface area (Å²) in [5, 5.41) is 3.62. The normalized spacial score (nSPS) is 14.5. The minimum atomic E-state index is -0.139. The highest BCUT2D eigenvalue weighted by Crippen LogP contribution is 2.15. The molecule has 1 aromatic heterocycles. The molecular weight excluding hydrogens is 338 g/mol. The van der Waals surface area contributed by atoms with Gasteiger partial charge >= 0.3 is 0 Å². The predicted molar refractivity (Wildman–Crippen MR) is 101 cm³/mol. The molecule has 1 saturated heterocycles. The summed E-state index contributed by atoms with van der Waals surface area (Å²) in [4.78, 5) is 27.4. The number of hydrogen-bond donors (Lipinski definition) is 1. The highest BCUT2D eigenvalue weighted by atomic mass is 32.1. The monoisotopic (exact) mass is 359 g/mol. The van der Waals surface area contributed by atoms with Gasteiger partial charge in [-0.2, -0.15) is 0 Å². The molecule has 8 heteroatoms. The van der Waals surface area contributed by atoms with E-state index in [0.29, 0.717) is 37.0 Å². The standard InChI is InChI=1S/C17H21N5O2S/c1-13-15(18-17(25)21-10-8-20(12-23)9-11-21)16(24)22(19(13)2)14-6-4-3-5-7-14/h3-7,12H,8-11H2,1-2H3,(H,18,25). The number of carbonyl (C=O) groups is 1. The maximum absolute atomic E-state index is 12.9. The first-order valence-electron chi connectivity index (χ1n) is 8.12. The molecule has 0 radical (unpaired) electrons. The van der Waals surface area contributed by atoms with Crippen LogP contribution in [-0.2, 0) is 11.8 Å². The van der Waals surface area contributed by atoms with Crippen molar-refractivity contribution in [3.63, 3.8) is 0 Å². The average molecular weight is 359 g/mol. The third-order valence-corrected chi connectivity index (χ3v) is 4.90. The van der Waals surface area contributed by atoms with Crippen LogP contribution in [0.15, 0.2) is 35.1 Å². The van der Waals surface area contributed by atoms with Gasteiger partial charge in [-0.05, 0) is 31.3 Å². The number of carbonyl (C=O) groups excluding carboxylic acids is 1. The van der Waals surface area contributed by atoms with E-state index in [9.17, 15) is 9.59 Å². The number of anilines is 1. The van der Waals surface area contributed by atoms with Gasteiger partial charge in [-0.3, -0.25) is 14.3 Å². The highest BCUT2D eigenvalue weighted by Gasteiger charge is 2.21. The van der Waals surface area contributed by atoms with Crippen molar-refractivity contribution in [2.75, 3.05) is 31.5 Å². The van der Waals surface area contributed by atoms with Crippen LogP contribution in [0.2, 0.25) is 0 Å². The third kappa shape index (κ3) is 3.30. The molecule has 0 bridgehead atoms. The molecular formula is C17H21N5O2S. The van der Waals surface area contributed by atoms with Gasteiger partial charge in [0.05, 0.1) is 11.4 Å². The van der Waals surface area contributed by atoms with Gasteiger partial charge in [0.25, 0.3) is 5.56 Å². The lowest BCUT2D eigenvalue weighted by molar-refractivity contribution is -0.119. The molecule has 0 spiro atoms.